The Hall–Kier alpha value is -4.26. The monoisotopic (exact) mass is 444 g/mol. The lowest BCUT2D eigenvalue weighted by Gasteiger charge is -2.27. The molecule has 1 aliphatic rings. The fourth-order valence-electron chi connectivity index (χ4n) is 3.72. The first kappa shape index (κ1) is 22.0. The van der Waals surface area contributed by atoms with Gasteiger partial charge in [0.05, 0.1) is 12.8 Å². The van der Waals surface area contributed by atoms with Gasteiger partial charge in [0.15, 0.2) is 0 Å². The molecule has 1 fully saturated rings. The molecule has 1 aliphatic heterocycles. The summed E-state index contributed by atoms with van der Waals surface area (Å²) in [4.78, 5) is 38.9. The summed E-state index contributed by atoms with van der Waals surface area (Å²) in [6, 6.07) is 17.7. The van der Waals surface area contributed by atoms with E-state index in [0.29, 0.717) is 23.4 Å². The van der Waals surface area contributed by atoms with Crippen LogP contribution in [0.4, 0.5) is 14.9 Å². The van der Waals surface area contributed by atoms with Crippen molar-refractivity contribution >= 4 is 29.6 Å². The average molecular weight is 444 g/mol. The van der Waals surface area contributed by atoms with Crippen molar-refractivity contribution in [3.63, 3.8) is 0 Å². The Kier molecular flexibility index (Phi) is 6.04. The molecule has 4 amide bonds. The van der Waals surface area contributed by atoms with Gasteiger partial charge < -0.3 is 4.74 Å². The van der Waals surface area contributed by atoms with Crippen LogP contribution in [0.15, 0.2) is 72.3 Å². The number of hydrogen-bond donors (Lipinski definition) is 1. The summed E-state index contributed by atoms with van der Waals surface area (Å²) in [5.41, 5.74) is 3.11. The number of halogens is 1. The van der Waals surface area contributed by atoms with E-state index in [2.05, 4.69) is 5.32 Å². The van der Waals surface area contributed by atoms with E-state index in [-0.39, 0.29) is 11.4 Å². The van der Waals surface area contributed by atoms with Crippen LogP contribution < -0.4 is 15.0 Å². The van der Waals surface area contributed by atoms with Crippen molar-refractivity contribution in [1.29, 1.82) is 0 Å². The largest absolute Gasteiger partial charge is 0.496 e. The zero-order valence-electron chi connectivity index (χ0n) is 18.1. The number of benzene rings is 3. The Morgan fingerprint density at radius 3 is 2.52 bits per heavy atom. The van der Waals surface area contributed by atoms with Crippen LogP contribution >= 0.6 is 0 Å². The summed E-state index contributed by atoms with van der Waals surface area (Å²) in [5, 5.41) is 2.23. The van der Waals surface area contributed by atoms with Gasteiger partial charge in [-0.15, -0.1) is 0 Å². The van der Waals surface area contributed by atoms with Crippen molar-refractivity contribution in [2.24, 2.45) is 0 Å². The number of imide groups is 2. The highest BCUT2D eigenvalue weighted by Crippen LogP contribution is 2.27. The predicted octanol–water partition coefficient (Wildman–Crippen LogP) is 4.40. The molecule has 166 valence electrons. The smallest absolute Gasteiger partial charge is 0.335 e. The first-order valence-electron chi connectivity index (χ1n) is 10.3. The van der Waals surface area contributed by atoms with Gasteiger partial charge in [-0.1, -0.05) is 42.5 Å². The van der Waals surface area contributed by atoms with E-state index in [1.165, 1.54) is 25.3 Å². The van der Waals surface area contributed by atoms with Crippen LogP contribution in [0.5, 0.6) is 5.75 Å². The van der Waals surface area contributed by atoms with Crippen molar-refractivity contribution in [1.82, 2.24) is 5.32 Å². The Bertz CT molecular complexity index is 1300. The minimum absolute atomic E-state index is 0.169. The molecule has 1 heterocycles. The first-order chi connectivity index (χ1) is 15.9. The summed E-state index contributed by atoms with van der Waals surface area (Å²) >= 11 is 0. The number of urea groups is 1. The molecule has 0 bridgehead atoms. The van der Waals surface area contributed by atoms with Crippen LogP contribution in [0, 0.1) is 12.7 Å². The van der Waals surface area contributed by atoms with Crippen molar-refractivity contribution in [2.45, 2.75) is 13.3 Å². The van der Waals surface area contributed by atoms with Gasteiger partial charge >= 0.3 is 6.03 Å². The van der Waals surface area contributed by atoms with Crippen LogP contribution in [0.1, 0.15) is 22.3 Å². The number of carbonyl (C=O) groups excluding carboxylic acids is 3. The van der Waals surface area contributed by atoms with Crippen molar-refractivity contribution < 1.29 is 23.5 Å². The number of carbonyl (C=O) groups is 3. The van der Waals surface area contributed by atoms with Crippen LogP contribution in [0.25, 0.3) is 6.08 Å². The lowest BCUT2D eigenvalue weighted by Crippen LogP contribution is -2.54. The molecule has 1 N–H and O–H groups in total. The number of methoxy groups -OCH3 is 1. The number of amides is 4. The van der Waals surface area contributed by atoms with Gasteiger partial charge in [-0.3, -0.25) is 14.9 Å². The van der Waals surface area contributed by atoms with Gasteiger partial charge in [0.2, 0.25) is 0 Å². The van der Waals surface area contributed by atoms with E-state index < -0.39 is 17.8 Å². The number of hydrogen-bond acceptors (Lipinski definition) is 4. The van der Waals surface area contributed by atoms with Crippen LogP contribution in [-0.4, -0.2) is 25.0 Å². The van der Waals surface area contributed by atoms with Crippen molar-refractivity contribution in [2.75, 3.05) is 12.0 Å². The van der Waals surface area contributed by atoms with Crippen molar-refractivity contribution in [3.8, 4) is 5.75 Å². The molecule has 0 atom stereocenters. The third-order valence-electron chi connectivity index (χ3n) is 5.36. The quantitative estimate of drug-likeness (QED) is 0.468. The number of para-hydroxylation sites is 1. The maximum Gasteiger partial charge on any atom is 0.335 e. The lowest BCUT2D eigenvalue weighted by molar-refractivity contribution is -0.122. The molecule has 6 nitrogen and oxygen atoms in total. The minimum Gasteiger partial charge on any atom is -0.496 e. The SMILES string of the molecule is COc1cc(/C=C2\C(=O)NC(=O)N(c3ccccc3C)C2=O)ccc1Cc1cccc(F)c1. The minimum atomic E-state index is -0.792. The highest BCUT2D eigenvalue weighted by Gasteiger charge is 2.37. The molecule has 7 heteroatoms. The van der Waals surface area contributed by atoms with Gasteiger partial charge in [0, 0.05) is 6.42 Å². The molecule has 33 heavy (non-hydrogen) atoms. The van der Waals surface area contributed by atoms with E-state index in [0.717, 1.165) is 21.6 Å². The molecule has 0 spiro atoms. The zero-order valence-corrected chi connectivity index (χ0v) is 18.1. The molecule has 0 aromatic heterocycles. The van der Waals surface area contributed by atoms with E-state index in [4.69, 9.17) is 4.74 Å². The maximum atomic E-state index is 13.5. The fourth-order valence-corrected chi connectivity index (χ4v) is 3.72. The number of barbiturate groups is 1. The molecule has 0 radical (unpaired) electrons. The Morgan fingerprint density at radius 2 is 1.79 bits per heavy atom. The standard InChI is InChI=1S/C26H21FN2O4/c1-16-6-3-4-9-22(16)29-25(31)21(24(30)28-26(29)32)14-18-10-11-19(23(15-18)33-2)12-17-7-5-8-20(27)13-17/h3-11,13-15H,12H2,1-2H3,(H,28,30,32)/b21-14+. The Morgan fingerprint density at radius 1 is 1.00 bits per heavy atom. The molecule has 0 aliphatic carbocycles. The molecular formula is C26H21FN2O4. The van der Waals surface area contributed by atoms with E-state index in [1.54, 1.807) is 55.5 Å². The maximum absolute atomic E-state index is 13.5. The molecular weight excluding hydrogens is 423 g/mol. The van der Waals surface area contributed by atoms with Crippen LogP contribution in [0.3, 0.4) is 0 Å². The third kappa shape index (κ3) is 4.52. The van der Waals surface area contributed by atoms with Crippen LogP contribution in [-0.2, 0) is 16.0 Å². The molecule has 3 aromatic carbocycles. The highest BCUT2D eigenvalue weighted by molar-refractivity contribution is 6.39. The number of anilines is 1. The topological polar surface area (TPSA) is 75.7 Å². The van der Waals surface area contributed by atoms with Gasteiger partial charge in [-0.25, -0.2) is 14.1 Å². The van der Waals surface area contributed by atoms with Gasteiger partial charge in [0.25, 0.3) is 11.8 Å². The van der Waals surface area contributed by atoms with Gasteiger partial charge in [-0.2, -0.15) is 0 Å². The number of nitrogens with zero attached hydrogens (tertiary/aromatic N) is 1. The summed E-state index contributed by atoms with van der Waals surface area (Å²) in [5.74, 6) is -1.26. The number of ether oxygens (including phenoxy) is 1. The number of aryl methyl sites for hydroxylation is 1. The summed E-state index contributed by atoms with van der Waals surface area (Å²) in [7, 11) is 1.51. The first-order valence-corrected chi connectivity index (χ1v) is 10.3. The van der Waals surface area contributed by atoms with Gasteiger partial charge in [-0.05, 0) is 59.5 Å². The summed E-state index contributed by atoms with van der Waals surface area (Å²) < 4.78 is 19.0. The third-order valence-corrected chi connectivity index (χ3v) is 5.36. The Labute approximate surface area is 190 Å². The summed E-state index contributed by atoms with van der Waals surface area (Å²) in [6.07, 6.45) is 1.87. The fraction of sp³-hybridized carbons (Fsp3) is 0.115. The van der Waals surface area contributed by atoms with Crippen molar-refractivity contribution in [3.05, 3.63) is 100 Å². The molecule has 0 saturated carbocycles. The molecule has 1 saturated heterocycles. The van der Waals surface area contributed by atoms with E-state index >= 15 is 0 Å². The second-order valence-corrected chi connectivity index (χ2v) is 7.62. The van der Waals surface area contributed by atoms with Crippen LogP contribution in [0.2, 0.25) is 0 Å². The second kappa shape index (κ2) is 9.08. The lowest BCUT2D eigenvalue weighted by atomic mass is 10.0. The molecule has 3 aromatic rings. The average Bonchev–Trinajstić information content (AvgIpc) is 2.78. The Balaban J connectivity index is 1.67. The number of rotatable bonds is 5. The molecule has 0 unspecified atom stereocenters. The normalized spacial score (nSPS) is 15.1. The number of nitrogens with one attached hydrogen (secondary N) is 1. The predicted molar refractivity (Wildman–Crippen MR) is 122 cm³/mol. The van der Waals surface area contributed by atoms with E-state index in [9.17, 15) is 18.8 Å². The molecule has 4 rings (SSSR count). The van der Waals surface area contributed by atoms with Gasteiger partial charge in [0.1, 0.15) is 17.1 Å². The summed E-state index contributed by atoms with van der Waals surface area (Å²) in [6.45, 7) is 1.78. The zero-order chi connectivity index (χ0) is 23.5. The second-order valence-electron chi connectivity index (χ2n) is 7.62. The van der Waals surface area contributed by atoms with E-state index in [1.807, 2.05) is 6.07 Å². The highest BCUT2D eigenvalue weighted by atomic mass is 19.1.